The van der Waals surface area contributed by atoms with E-state index in [9.17, 15) is 13.2 Å². The summed E-state index contributed by atoms with van der Waals surface area (Å²) in [5, 5.41) is 3.61. The second-order valence-corrected chi connectivity index (χ2v) is 11.7. The minimum absolute atomic E-state index is 0.173. The van der Waals surface area contributed by atoms with Crippen LogP contribution in [0.25, 0.3) is 10.8 Å². The smallest absolute Gasteiger partial charge is 0.244 e. The zero-order chi connectivity index (χ0) is 24.4. The van der Waals surface area contributed by atoms with E-state index in [2.05, 4.69) is 11.4 Å². The fourth-order valence-corrected chi connectivity index (χ4v) is 7.51. The lowest BCUT2D eigenvalue weighted by Gasteiger charge is -2.37. The molecule has 1 atom stereocenters. The molecule has 0 fully saturated rings. The molecule has 4 aromatic rings. The van der Waals surface area contributed by atoms with Crippen molar-refractivity contribution >= 4 is 38.0 Å². The summed E-state index contributed by atoms with van der Waals surface area (Å²) in [6.07, 6.45) is 1.40. The molecule has 0 radical (unpaired) electrons. The van der Waals surface area contributed by atoms with E-state index >= 15 is 0 Å². The lowest BCUT2D eigenvalue weighted by molar-refractivity contribution is -0.133. The summed E-state index contributed by atoms with van der Waals surface area (Å²) in [5.41, 5.74) is 2.18. The van der Waals surface area contributed by atoms with E-state index < -0.39 is 10.0 Å². The standard InChI is InChI=1S/C28H28N2O3S2/c1-2-17-29(35(32,33)26-14-8-12-21-9-6-7-13-23(21)26)20-27(31)30-18-15-25-24(16-19-34-25)28(30)22-10-4-3-5-11-22/h3-14,16,19,28H,2,15,17-18,20H2,1H3. The molecule has 0 bridgehead atoms. The summed E-state index contributed by atoms with van der Waals surface area (Å²) >= 11 is 1.72. The van der Waals surface area contributed by atoms with E-state index in [4.69, 9.17) is 0 Å². The first-order valence-corrected chi connectivity index (χ1v) is 14.2. The number of carbonyl (C=O) groups excluding carboxylic acids is 1. The van der Waals surface area contributed by atoms with Crippen molar-refractivity contribution in [2.45, 2.75) is 30.7 Å². The molecule has 1 aromatic heterocycles. The van der Waals surface area contributed by atoms with Crippen LogP contribution in [-0.4, -0.2) is 43.2 Å². The minimum atomic E-state index is -3.87. The zero-order valence-electron chi connectivity index (χ0n) is 19.6. The Kier molecular flexibility index (Phi) is 6.73. The number of hydrogen-bond donors (Lipinski definition) is 0. The third-order valence-corrected chi connectivity index (χ3v) is 9.45. The first kappa shape index (κ1) is 23.7. The van der Waals surface area contributed by atoms with Crippen LogP contribution in [0.5, 0.6) is 0 Å². The first-order chi connectivity index (χ1) is 17.0. The van der Waals surface area contributed by atoms with Crippen LogP contribution in [0.4, 0.5) is 0 Å². The van der Waals surface area contributed by atoms with Crippen LogP contribution in [0.15, 0.2) is 89.1 Å². The van der Waals surface area contributed by atoms with Gasteiger partial charge in [-0.1, -0.05) is 73.7 Å². The Morgan fingerprint density at radius 1 is 1.00 bits per heavy atom. The van der Waals surface area contributed by atoms with Gasteiger partial charge in [-0.15, -0.1) is 11.3 Å². The van der Waals surface area contributed by atoms with E-state index in [1.807, 2.05) is 72.5 Å². The largest absolute Gasteiger partial charge is 0.330 e. The monoisotopic (exact) mass is 504 g/mol. The molecule has 2 heterocycles. The molecule has 5 nitrogen and oxygen atoms in total. The topological polar surface area (TPSA) is 57.7 Å². The van der Waals surface area contributed by atoms with E-state index in [-0.39, 0.29) is 29.9 Å². The number of benzene rings is 3. The van der Waals surface area contributed by atoms with Gasteiger partial charge in [-0.3, -0.25) is 4.79 Å². The molecule has 1 unspecified atom stereocenters. The quantitative estimate of drug-likeness (QED) is 0.335. The molecule has 0 aliphatic carbocycles. The molecule has 1 aliphatic rings. The summed E-state index contributed by atoms with van der Waals surface area (Å²) in [6, 6.07) is 24.6. The number of carbonyl (C=O) groups is 1. The average Bonchev–Trinajstić information content (AvgIpc) is 3.37. The van der Waals surface area contributed by atoms with Gasteiger partial charge >= 0.3 is 0 Å². The van der Waals surface area contributed by atoms with Crippen molar-refractivity contribution in [1.29, 1.82) is 0 Å². The van der Waals surface area contributed by atoms with Crippen LogP contribution in [0.3, 0.4) is 0 Å². The van der Waals surface area contributed by atoms with Gasteiger partial charge in [0.1, 0.15) is 0 Å². The third-order valence-electron chi connectivity index (χ3n) is 6.55. The fraction of sp³-hybridized carbons (Fsp3) is 0.250. The highest BCUT2D eigenvalue weighted by Crippen LogP contribution is 2.38. The van der Waals surface area contributed by atoms with Crippen molar-refractivity contribution in [2.75, 3.05) is 19.6 Å². The lowest BCUT2D eigenvalue weighted by Crippen LogP contribution is -2.46. The highest BCUT2D eigenvalue weighted by Gasteiger charge is 2.35. The van der Waals surface area contributed by atoms with Crippen LogP contribution in [0.1, 0.15) is 35.4 Å². The average molecular weight is 505 g/mol. The van der Waals surface area contributed by atoms with Gasteiger partial charge in [-0.25, -0.2) is 8.42 Å². The number of amides is 1. The van der Waals surface area contributed by atoms with Crippen molar-refractivity contribution in [3.05, 3.63) is 100 Å². The fourth-order valence-electron chi connectivity index (χ4n) is 4.91. The number of thiophene rings is 1. The van der Waals surface area contributed by atoms with E-state index in [0.717, 1.165) is 22.9 Å². The normalized spacial score (nSPS) is 15.9. The molecule has 5 rings (SSSR count). The molecule has 35 heavy (non-hydrogen) atoms. The van der Waals surface area contributed by atoms with Crippen molar-refractivity contribution in [1.82, 2.24) is 9.21 Å². The SMILES string of the molecule is CCCN(CC(=O)N1CCc2sccc2C1c1ccccc1)S(=O)(=O)c1cccc2ccccc12. The van der Waals surface area contributed by atoms with Gasteiger partial charge in [-0.05, 0) is 46.9 Å². The second kappa shape index (κ2) is 9.93. The number of fused-ring (bicyclic) bond motifs is 2. The summed E-state index contributed by atoms with van der Waals surface area (Å²) in [5.74, 6) is -0.173. The maximum atomic E-state index is 13.8. The molecule has 0 N–H and O–H groups in total. The van der Waals surface area contributed by atoms with Gasteiger partial charge in [0.25, 0.3) is 0 Å². The molecular formula is C28H28N2O3S2. The van der Waals surface area contributed by atoms with Gasteiger partial charge in [0.05, 0.1) is 17.5 Å². The number of rotatable bonds is 7. The number of hydrogen-bond acceptors (Lipinski definition) is 4. The lowest BCUT2D eigenvalue weighted by atomic mass is 9.93. The summed E-state index contributed by atoms with van der Waals surface area (Å²) in [4.78, 5) is 17.2. The maximum absolute atomic E-state index is 13.8. The molecule has 7 heteroatoms. The van der Waals surface area contributed by atoms with Crippen molar-refractivity contribution in [3.63, 3.8) is 0 Å². The van der Waals surface area contributed by atoms with E-state index in [1.54, 1.807) is 23.5 Å². The highest BCUT2D eigenvalue weighted by molar-refractivity contribution is 7.89. The Hall–Kier alpha value is -3.00. The number of nitrogens with zero attached hydrogens (tertiary/aromatic N) is 2. The van der Waals surface area contributed by atoms with Crippen LogP contribution in [0, 0.1) is 0 Å². The molecule has 1 amide bonds. The van der Waals surface area contributed by atoms with E-state index in [0.29, 0.717) is 18.4 Å². The van der Waals surface area contributed by atoms with Crippen molar-refractivity contribution in [3.8, 4) is 0 Å². The predicted octanol–water partition coefficient (Wildman–Crippen LogP) is 5.48. The molecule has 3 aromatic carbocycles. The second-order valence-electron chi connectivity index (χ2n) is 8.77. The van der Waals surface area contributed by atoms with Gasteiger partial charge in [0, 0.05) is 23.4 Å². The number of sulfonamides is 1. The van der Waals surface area contributed by atoms with E-state index in [1.165, 1.54) is 9.18 Å². The molecule has 0 spiro atoms. The van der Waals surface area contributed by atoms with Crippen LogP contribution >= 0.6 is 11.3 Å². The molecule has 180 valence electrons. The Labute approximate surface area is 210 Å². The Balaban J connectivity index is 1.49. The maximum Gasteiger partial charge on any atom is 0.244 e. The summed E-state index contributed by atoms with van der Waals surface area (Å²) in [6.45, 7) is 2.61. The van der Waals surface area contributed by atoms with Crippen LogP contribution in [-0.2, 0) is 21.2 Å². The van der Waals surface area contributed by atoms with Gasteiger partial charge in [-0.2, -0.15) is 4.31 Å². The van der Waals surface area contributed by atoms with Crippen LogP contribution in [0.2, 0.25) is 0 Å². The Morgan fingerprint density at radius 2 is 1.74 bits per heavy atom. The Bertz CT molecular complexity index is 1440. The minimum Gasteiger partial charge on any atom is -0.330 e. The Morgan fingerprint density at radius 3 is 2.54 bits per heavy atom. The van der Waals surface area contributed by atoms with Gasteiger partial charge < -0.3 is 4.90 Å². The van der Waals surface area contributed by atoms with Crippen molar-refractivity contribution < 1.29 is 13.2 Å². The molecule has 0 saturated carbocycles. The summed E-state index contributed by atoms with van der Waals surface area (Å²) in [7, 11) is -3.87. The molecular weight excluding hydrogens is 476 g/mol. The van der Waals surface area contributed by atoms with Gasteiger partial charge in [0.15, 0.2) is 0 Å². The van der Waals surface area contributed by atoms with Crippen LogP contribution < -0.4 is 0 Å². The first-order valence-electron chi connectivity index (χ1n) is 11.9. The van der Waals surface area contributed by atoms with Crippen molar-refractivity contribution in [2.24, 2.45) is 0 Å². The predicted molar refractivity (Wildman–Crippen MR) is 141 cm³/mol. The zero-order valence-corrected chi connectivity index (χ0v) is 21.3. The van der Waals surface area contributed by atoms with Gasteiger partial charge in [0.2, 0.25) is 15.9 Å². The molecule has 0 saturated heterocycles. The summed E-state index contributed by atoms with van der Waals surface area (Å²) < 4.78 is 29.0. The molecule has 1 aliphatic heterocycles. The highest BCUT2D eigenvalue weighted by atomic mass is 32.2. The third kappa shape index (κ3) is 4.51.